The highest BCUT2D eigenvalue weighted by Gasteiger charge is 2.14. The molecule has 0 aliphatic rings. The molecule has 2 aromatic rings. The quantitative estimate of drug-likeness (QED) is 0.856. The van der Waals surface area contributed by atoms with Crippen molar-refractivity contribution >= 4 is 37.4 Å². The molecule has 0 fully saturated rings. The minimum atomic E-state index is -3.65. The molecule has 0 aliphatic heterocycles. The second kappa shape index (κ2) is 5.76. The highest BCUT2D eigenvalue weighted by Crippen LogP contribution is 2.20. The molecule has 104 valence electrons. The third-order valence-electron chi connectivity index (χ3n) is 2.65. The van der Waals surface area contributed by atoms with Crippen LogP contribution in [0.2, 0.25) is 0 Å². The summed E-state index contributed by atoms with van der Waals surface area (Å²) in [5, 5.41) is 0. The summed E-state index contributed by atoms with van der Waals surface area (Å²) in [5.41, 5.74) is 0.946. The molecule has 0 bridgehead atoms. The zero-order chi connectivity index (χ0) is 14.8. The van der Waals surface area contributed by atoms with E-state index < -0.39 is 10.0 Å². The number of anilines is 1. The largest absolute Gasteiger partial charge is 0.295 e. The Morgan fingerprint density at radius 3 is 2.30 bits per heavy atom. The summed E-state index contributed by atoms with van der Waals surface area (Å²) in [6.07, 6.45) is 0. The van der Waals surface area contributed by atoms with E-state index in [1.807, 2.05) is 0 Å². The van der Waals surface area contributed by atoms with E-state index in [1.54, 1.807) is 24.3 Å². The molecule has 0 radical (unpaired) electrons. The van der Waals surface area contributed by atoms with E-state index in [4.69, 9.17) is 0 Å². The first-order chi connectivity index (χ1) is 9.38. The van der Waals surface area contributed by atoms with Gasteiger partial charge in [-0.15, -0.1) is 0 Å². The van der Waals surface area contributed by atoms with Crippen LogP contribution in [0.4, 0.5) is 5.69 Å². The van der Waals surface area contributed by atoms with Gasteiger partial charge in [0.05, 0.1) is 4.90 Å². The predicted octanol–water partition coefficient (Wildman–Crippen LogP) is 3.45. The van der Waals surface area contributed by atoms with E-state index in [2.05, 4.69) is 20.7 Å². The maximum absolute atomic E-state index is 12.2. The Hall–Kier alpha value is -1.66. The molecule has 4 nitrogen and oxygen atoms in total. The van der Waals surface area contributed by atoms with Crippen LogP contribution >= 0.6 is 15.9 Å². The Bertz CT molecular complexity index is 739. The first-order valence-electron chi connectivity index (χ1n) is 5.78. The number of sulfonamides is 1. The summed E-state index contributed by atoms with van der Waals surface area (Å²) in [5.74, 6) is -0.103. The fourth-order valence-corrected chi connectivity index (χ4v) is 3.08. The minimum absolute atomic E-state index is 0.103. The van der Waals surface area contributed by atoms with Crippen LogP contribution in [0.3, 0.4) is 0 Å². The predicted molar refractivity (Wildman–Crippen MR) is 81.4 cm³/mol. The van der Waals surface area contributed by atoms with E-state index in [9.17, 15) is 13.2 Å². The van der Waals surface area contributed by atoms with Crippen LogP contribution in [0.25, 0.3) is 0 Å². The van der Waals surface area contributed by atoms with Crippen molar-refractivity contribution in [2.75, 3.05) is 4.72 Å². The van der Waals surface area contributed by atoms with Crippen molar-refractivity contribution in [3.05, 3.63) is 58.6 Å². The molecule has 0 saturated carbocycles. The van der Waals surface area contributed by atoms with Gasteiger partial charge in [0.25, 0.3) is 10.0 Å². The van der Waals surface area contributed by atoms with Crippen molar-refractivity contribution < 1.29 is 13.2 Å². The Morgan fingerprint density at radius 1 is 1.10 bits per heavy atom. The molecule has 2 aromatic carbocycles. The molecule has 2 rings (SSSR count). The summed E-state index contributed by atoms with van der Waals surface area (Å²) in [7, 11) is -3.65. The topological polar surface area (TPSA) is 63.2 Å². The third kappa shape index (κ3) is 3.46. The van der Waals surface area contributed by atoms with Crippen LogP contribution in [-0.4, -0.2) is 14.2 Å². The lowest BCUT2D eigenvalue weighted by Crippen LogP contribution is -2.13. The summed E-state index contributed by atoms with van der Waals surface area (Å²) < 4.78 is 27.6. The van der Waals surface area contributed by atoms with Gasteiger partial charge in [0, 0.05) is 15.7 Å². The van der Waals surface area contributed by atoms with Crippen LogP contribution in [-0.2, 0) is 10.0 Å². The first-order valence-corrected chi connectivity index (χ1v) is 8.05. The molecule has 0 aliphatic carbocycles. The van der Waals surface area contributed by atoms with E-state index in [0.29, 0.717) is 11.3 Å². The molecular weight excluding hydrogens is 342 g/mol. The second-order valence-electron chi connectivity index (χ2n) is 4.20. The average molecular weight is 354 g/mol. The second-order valence-corrected chi connectivity index (χ2v) is 6.79. The van der Waals surface area contributed by atoms with Gasteiger partial charge in [-0.25, -0.2) is 8.42 Å². The molecule has 0 saturated heterocycles. The van der Waals surface area contributed by atoms with Crippen LogP contribution in [0, 0.1) is 0 Å². The zero-order valence-electron chi connectivity index (χ0n) is 10.6. The number of halogens is 1. The van der Waals surface area contributed by atoms with Gasteiger partial charge in [0.1, 0.15) is 0 Å². The summed E-state index contributed by atoms with van der Waals surface area (Å²) in [4.78, 5) is 11.3. The van der Waals surface area contributed by atoms with Gasteiger partial charge in [-0.2, -0.15) is 0 Å². The maximum Gasteiger partial charge on any atom is 0.261 e. The monoisotopic (exact) mass is 353 g/mol. The molecular formula is C14H12BrNO3S. The number of carbonyl (C=O) groups is 1. The number of hydrogen-bond donors (Lipinski definition) is 1. The van der Waals surface area contributed by atoms with Crippen LogP contribution in [0.1, 0.15) is 17.3 Å². The lowest BCUT2D eigenvalue weighted by atomic mass is 10.2. The summed E-state index contributed by atoms with van der Waals surface area (Å²) in [6.45, 7) is 1.43. The fraction of sp³-hybridized carbons (Fsp3) is 0.0714. The number of ketones is 1. The minimum Gasteiger partial charge on any atom is -0.295 e. The van der Waals surface area contributed by atoms with E-state index >= 15 is 0 Å². The molecule has 1 N–H and O–H groups in total. The SMILES string of the molecule is CC(=O)c1ccc(S(=O)(=O)Nc2cccc(Br)c2)cc1. The van der Waals surface area contributed by atoms with Crippen LogP contribution < -0.4 is 4.72 Å². The average Bonchev–Trinajstić information content (AvgIpc) is 2.38. The highest BCUT2D eigenvalue weighted by atomic mass is 79.9. The van der Waals surface area contributed by atoms with Crippen molar-refractivity contribution in [1.82, 2.24) is 0 Å². The Morgan fingerprint density at radius 2 is 1.75 bits per heavy atom. The highest BCUT2D eigenvalue weighted by molar-refractivity contribution is 9.10. The molecule has 0 unspecified atom stereocenters. The number of carbonyl (C=O) groups excluding carboxylic acids is 1. The standard InChI is InChI=1S/C14H12BrNO3S/c1-10(17)11-5-7-14(8-6-11)20(18,19)16-13-4-2-3-12(15)9-13/h2-9,16H,1H3. The number of hydrogen-bond acceptors (Lipinski definition) is 3. The van der Waals surface area contributed by atoms with Gasteiger partial charge in [-0.1, -0.05) is 34.1 Å². The molecule has 0 spiro atoms. The Balaban J connectivity index is 2.28. The Kier molecular flexibility index (Phi) is 4.25. The number of rotatable bonds is 4. The van der Waals surface area contributed by atoms with Gasteiger partial charge in [0.15, 0.2) is 5.78 Å². The van der Waals surface area contributed by atoms with Gasteiger partial charge in [-0.05, 0) is 37.3 Å². The van der Waals surface area contributed by atoms with Crippen LogP contribution in [0.5, 0.6) is 0 Å². The lowest BCUT2D eigenvalue weighted by molar-refractivity contribution is 0.101. The molecule has 6 heteroatoms. The molecule has 0 aromatic heterocycles. The van der Waals surface area contributed by atoms with Gasteiger partial charge >= 0.3 is 0 Å². The number of Topliss-reactive ketones (excluding diaryl/α,β-unsaturated/α-hetero) is 1. The molecule has 0 heterocycles. The van der Waals surface area contributed by atoms with Gasteiger partial charge in [0.2, 0.25) is 0 Å². The summed E-state index contributed by atoms with van der Waals surface area (Å²) >= 11 is 3.28. The fourth-order valence-electron chi connectivity index (χ4n) is 1.63. The van der Waals surface area contributed by atoms with Gasteiger partial charge < -0.3 is 0 Å². The van der Waals surface area contributed by atoms with Crippen LogP contribution in [0.15, 0.2) is 57.9 Å². The zero-order valence-corrected chi connectivity index (χ0v) is 13.0. The van der Waals surface area contributed by atoms with Gasteiger partial charge in [-0.3, -0.25) is 9.52 Å². The van der Waals surface area contributed by atoms with Crippen molar-refractivity contribution in [2.24, 2.45) is 0 Å². The van der Waals surface area contributed by atoms with E-state index in [-0.39, 0.29) is 10.7 Å². The van der Waals surface area contributed by atoms with E-state index in [0.717, 1.165) is 4.47 Å². The number of benzene rings is 2. The molecule has 0 atom stereocenters. The normalized spacial score (nSPS) is 11.1. The first kappa shape index (κ1) is 14.7. The molecule has 20 heavy (non-hydrogen) atoms. The lowest BCUT2D eigenvalue weighted by Gasteiger charge is -2.08. The summed E-state index contributed by atoms with van der Waals surface area (Å²) in [6, 6.07) is 12.7. The maximum atomic E-state index is 12.2. The van der Waals surface area contributed by atoms with Crippen molar-refractivity contribution in [3.8, 4) is 0 Å². The van der Waals surface area contributed by atoms with Crippen molar-refractivity contribution in [3.63, 3.8) is 0 Å². The Labute approximate surface area is 126 Å². The van der Waals surface area contributed by atoms with Crippen molar-refractivity contribution in [1.29, 1.82) is 0 Å². The van der Waals surface area contributed by atoms with Crippen molar-refractivity contribution in [2.45, 2.75) is 11.8 Å². The number of nitrogens with one attached hydrogen (secondary N) is 1. The van der Waals surface area contributed by atoms with E-state index in [1.165, 1.54) is 31.2 Å². The molecule has 0 amide bonds. The third-order valence-corrected chi connectivity index (χ3v) is 4.54. The smallest absolute Gasteiger partial charge is 0.261 e.